The van der Waals surface area contributed by atoms with Crippen LogP contribution in [0.3, 0.4) is 0 Å². The van der Waals surface area contributed by atoms with E-state index >= 15 is 0 Å². The number of fused-ring (bicyclic) bond motifs is 1. The summed E-state index contributed by atoms with van der Waals surface area (Å²) in [4.78, 5) is 16.4. The maximum Gasteiger partial charge on any atom is 0.275 e. The number of para-hydroxylation sites is 1. The highest BCUT2D eigenvalue weighted by molar-refractivity contribution is 5.87. The van der Waals surface area contributed by atoms with Gasteiger partial charge in [0, 0.05) is 5.69 Å². The quantitative estimate of drug-likeness (QED) is 0.720. The second kappa shape index (κ2) is 8.44. The molecule has 1 heterocycles. The number of hydrogen-bond acceptors (Lipinski definition) is 2. The van der Waals surface area contributed by atoms with Crippen molar-refractivity contribution in [2.45, 2.75) is 13.0 Å². The zero-order valence-electron chi connectivity index (χ0n) is 16.4. The maximum atomic E-state index is 12.6. The summed E-state index contributed by atoms with van der Waals surface area (Å²) in [5.74, 6) is 0.128. The third kappa shape index (κ3) is 4.18. The molecule has 0 aliphatic carbocycles. The molecule has 4 rings (SSSR count). The number of amides is 1. The molecule has 1 atom stereocenters. The van der Waals surface area contributed by atoms with Gasteiger partial charge in [-0.15, -0.1) is 0 Å². The zero-order chi connectivity index (χ0) is 19.3. The van der Waals surface area contributed by atoms with E-state index in [9.17, 15) is 4.79 Å². The van der Waals surface area contributed by atoms with Crippen molar-refractivity contribution in [3.8, 4) is 0 Å². The SMILES string of the molecule is C[C@H](NC(=O)C[NH+]1CCN(c2ccccc2)CC1)c1cccc2ccccc12. The second-order valence-electron chi connectivity index (χ2n) is 7.61. The topological polar surface area (TPSA) is 36.8 Å². The van der Waals surface area contributed by atoms with E-state index in [4.69, 9.17) is 0 Å². The fourth-order valence-corrected chi connectivity index (χ4v) is 4.12. The molecule has 0 radical (unpaired) electrons. The van der Waals surface area contributed by atoms with Crippen LogP contribution in [0.5, 0.6) is 0 Å². The van der Waals surface area contributed by atoms with Gasteiger partial charge in [-0.25, -0.2) is 0 Å². The predicted octanol–water partition coefficient (Wildman–Crippen LogP) is 2.42. The summed E-state index contributed by atoms with van der Waals surface area (Å²) < 4.78 is 0. The van der Waals surface area contributed by atoms with Gasteiger partial charge in [0.15, 0.2) is 6.54 Å². The van der Waals surface area contributed by atoms with Crippen LogP contribution in [0, 0.1) is 0 Å². The standard InChI is InChI=1S/C24H27N3O/c1-19(22-13-7-9-20-8-5-6-12-23(20)22)25-24(28)18-26-14-16-27(17-15-26)21-10-3-2-4-11-21/h2-13,19H,14-18H2,1H3,(H,25,28)/p+1/t19-/m0/s1. The molecule has 1 saturated heterocycles. The van der Waals surface area contributed by atoms with Gasteiger partial charge in [0.05, 0.1) is 32.2 Å². The van der Waals surface area contributed by atoms with Gasteiger partial charge in [-0.3, -0.25) is 4.79 Å². The summed E-state index contributed by atoms with van der Waals surface area (Å²) in [6.07, 6.45) is 0. The maximum absolute atomic E-state index is 12.6. The van der Waals surface area contributed by atoms with Crippen molar-refractivity contribution in [3.05, 3.63) is 78.4 Å². The van der Waals surface area contributed by atoms with E-state index in [1.807, 2.05) is 12.1 Å². The van der Waals surface area contributed by atoms with Crippen molar-refractivity contribution in [2.24, 2.45) is 0 Å². The van der Waals surface area contributed by atoms with Crippen molar-refractivity contribution >= 4 is 22.4 Å². The number of carbonyl (C=O) groups excluding carboxylic acids is 1. The van der Waals surface area contributed by atoms with Gasteiger partial charge < -0.3 is 15.1 Å². The molecule has 1 aliphatic rings. The molecular formula is C24H28N3O+. The largest absolute Gasteiger partial charge is 0.360 e. The fourth-order valence-electron chi connectivity index (χ4n) is 4.12. The van der Waals surface area contributed by atoms with Crippen LogP contribution in [0.15, 0.2) is 72.8 Å². The van der Waals surface area contributed by atoms with Gasteiger partial charge in [0.25, 0.3) is 5.91 Å². The molecule has 3 aromatic rings. The highest BCUT2D eigenvalue weighted by Gasteiger charge is 2.23. The molecule has 0 aromatic heterocycles. The highest BCUT2D eigenvalue weighted by Crippen LogP contribution is 2.23. The van der Waals surface area contributed by atoms with Crippen LogP contribution < -0.4 is 15.1 Å². The Morgan fingerprint density at radius 3 is 2.43 bits per heavy atom. The minimum Gasteiger partial charge on any atom is -0.360 e. The highest BCUT2D eigenvalue weighted by atomic mass is 16.2. The van der Waals surface area contributed by atoms with Crippen LogP contribution in [0.25, 0.3) is 10.8 Å². The molecule has 0 saturated carbocycles. The summed E-state index contributed by atoms with van der Waals surface area (Å²) in [5, 5.41) is 5.63. The Balaban J connectivity index is 1.32. The Hall–Kier alpha value is -2.85. The van der Waals surface area contributed by atoms with E-state index in [2.05, 4.69) is 77.8 Å². The molecule has 0 bridgehead atoms. The molecule has 0 spiro atoms. The lowest BCUT2D eigenvalue weighted by Crippen LogP contribution is -3.15. The van der Waals surface area contributed by atoms with E-state index < -0.39 is 0 Å². The smallest absolute Gasteiger partial charge is 0.275 e. The van der Waals surface area contributed by atoms with E-state index in [1.165, 1.54) is 26.9 Å². The van der Waals surface area contributed by atoms with E-state index in [-0.39, 0.29) is 11.9 Å². The first-order valence-electron chi connectivity index (χ1n) is 10.1. The van der Waals surface area contributed by atoms with E-state index in [0.717, 1.165) is 26.2 Å². The van der Waals surface area contributed by atoms with Crippen LogP contribution in [0.4, 0.5) is 5.69 Å². The van der Waals surface area contributed by atoms with Gasteiger partial charge in [-0.05, 0) is 35.4 Å². The Labute approximate surface area is 166 Å². The molecule has 4 nitrogen and oxygen atoms in total. The second-order valence-corrected chi connectivity index (χ2v) is 7.61. The molecule has 4 heteroatoms. The zero-order valence-corrected chi connectivity index (χ0v) is 16.4. The Bertz CT molecular complexity index is 927. The van der Waals surface area contributed by atoms with Gasteiger partial charge in [-0.1, -0.05) is 60.7 Å². The lowest BCUT2D eigenvalue weighted by molar-refractivity contribution is -0.892. The summed E-state index contributed by atoms with van der Waals surface area (Å²) in [5.41, 5.74) is 2.45. The van der Waals surface area contributed by atoms with Crippen molar-refractivity contribution < 1.29 is 9.69 Å². The summed E-state index contributed by atoms with van der Waals surface area (Å²) in [7, 11) is 0. The number of hydrogen-bond donors (Lipinski definition) is 2. The molecule has 1 aliphatic heterocycles. The third-order valence-electron chi connectivity index (χ3n) is 5.67. The number of quaternary nitrogens is 1. The van der Waals surface area contributed by atoms with Gasteiger partial charge in [0.2, 0.25) is 0 Å². The number of rotatable bonds is 5. The molecule has 144 valence electrons. The van der Waals surface area contributed by atoms with Crippen molar-refractivity contribution in [1.82, 2.24) is 5.32 Å². The average Bonchev–Trinajstić information content (AvgIpc) is 2.74. The number of nitrogens with zero attached hydrogens (tertiary/aromatic N) is 1. The van der Waals surface area contributed by atoms with Crippen LogP contribution in [-0.2, 0) is 4.79 Å². The van der Waals surface area contributed by atoms with Crippen molar-refractivity contribution in [2.75, 3.05) is 37.6 Å². The van der Waals surface area contributed by atoms with Gasteiger partial charge in [-0.2, -0.15) is 0 Å². The fraction of sp³-hybridized carbons (Fsp3) is 0.292. The number of nitrogens with one attached hydrogen (secondary N) is 2. The first-order chi connectivity index (χ1) is 13.7. The van der Waals surface area contributed by atoms with Crippen molar-refractivity contribution in [1.29, 1.82) is 0 Å². The molecule has 0 unspecified atom stereocenters. The molecular weight excluding hydrogens is 346 g/mol. The van der Waals surface area contributed by atoms with Crippen LogP contribution in [0.2, 0.25) is 0 Å². The molecule has 2 N–H and O–H groups in total. The molecule has 1 amide bonds. The van der Waals surface area contributed by atoms with Crippen LogP contribution >= 0.6 is 0 Å². The Kier molecular flexibility index (Phi) is 5.58. The van der Waals surface area contributed by atoms with Crippen molar-refractivity contribution in [3.63, 3.8) is 0 Å². The number of piperazine rings is 1. The van der Waals surface area contributed by atoms with Crippen LogP contribution in [0.1, 0.15) is 18.5 Å². The monoisotopic (exact) mass is 374 g/mol. The lowest BCUT2D eigenvalue weighted by atomic mass is 10.00. The molecule has 3 aromatic carbocycles. The Morgan fingerprint density at radius 2 is 1.64 bits per heavy atom. The average molecular weight is 375 g/mol. The molecule has 1 fully saturated rings. The predicted molar refractivity (Wildman–Crippen MR) is 115 cm³/mol. The normalized spacial score (nSPS) is 16.1. The minimum atomic E-state index is 0.00334. The molecule has 28 heavy (non-hydrogen) atoms. The summed E-state index contributed by atoms with van der Waals surface area (Å²) in [6, 6.07) is 25.2. The van der Waals surface area contributed by atoms with E-state index in [0.29, 0.717) is 6.54 Å². The van der Waals surface area contributed by atoms with Crippen LogP contribution in [-0.4, -0.2) is 38.6 Å². The first-order valence-corrected chi connectivity index (χ1v) is 10.1. The van der Waals surface area contributed by atoms with Gasteiger partial charge in [0.1, 0.15) is 0 Å². The van der Waals surface area contributed by atoms with Gasteiger partial charge >= 0.3 is 0 Å². The minimum absolute atomic E-state index is 0.00334. The summed E-state index contributed by atoms with van der Waals surface area (Å²) >= 11 is 0. The number of carbonyl (C=O) groups is 1. The number of benzene rings is 3. The van der Waals surface area contributed by atoms with E-state index in [1.54, 1.807) is 0 Å². The Morgan fingerprint density at radius 1 is 0.964 bits per heavy atom. The first kappa shape index (κ1) is 18.5. The number of anilines is 1. The lowest BCUT2D eigenvalue weighted by Gasteiger charge is -2.33. The summed E-state index contributed by atoms with van der Waals surface area (Å²) in [6.45, 7) is 6.58. The third-order valence-corrected chi connectivity index (χ3v) is 5.67.